The normalized spacial score (nSPS) is 10.2. The summed E-state index contributed by atoms with van der Waals surface area (Å²) >= 11 is 0. The summed E-state index contributed by atoms with van der Waals surface area (Å²) in [5.74, 6) is -0.0959. The Labute approximate surface area is 78.3 Å². The van der Waals surface area contributed by atoms with E-state index < -0.39 is 0 Å². The fourth-order valence-corrected chi connectivity index (χ4v) is 0.880. The number of amides is 1. The van der Waals surface area contributed by atoms with Gasteiger partial charge in [-0.25, -0.2) is 0 Å². The lowest BCUT2D eigenvalue weighted by Gasteiger charge is -1.99. The van der Waals surface area contributed by atoms with Crippen LogP contribution in [-0.2, 0) is 4.79 Å². The number of benzene rings is 1. The van der Waals surface area contributed by atoms with E-state index in [1.54, 1.807) is 12.1 Å². The molecule has 2 heteroatoms. The molecule has 0 spiro atoms. The second-order valence-electron chi connectivity index (χ2n) is 2.59. The van der Waals surface area contributed by atoms with Gasteiger partial charge in [-0.15, -0.1) is 0 Å². The maximum absolute atomic E-state index is 11.2. The zero-order valence-electron chi connectivity index (χ0n) is 7.58. The van der Waals surface area contributed by atoms with E-state index in [0.717, 1.165) is 12.1 Å². The van der Waals surface area contributed by atoms with E-state index in [2.05, 4.69) is 11.4 Å². The molecule has 0 atom stereocenters. The van der Waals surface area contributed by atoms with Gasteiger partial charge in [0.1, 0.15) is 0 Å². The summed E-state index contributed by atoms with van der Waals surface area (Å²) in [5, 5.41) is 2.72. The average molecular weight is 174 g/mol. The number of hydrogen-bond donors (Lipinski definition) is 1. The Morgan fingerprint density at radius 1 is 1.69 bits per heavy atom. The van der Waals surface area contributed by atoms with Crippen LogP contribution in [0, 0.1) is 6.07 Å². The molecule has 1 aromatic rings. The molecular weight excluding hydrogens is 162 g/mol. The molecule has 0 aliphatic carbocycles. The number of allylic oxidation sites excluding steroid dienone is 1. The minimum atomic E-state index is -0.0959. The van der Waals surface area contributed by atoms with Crippen molar-refractivity contribution in [3.05, 3.63) is 42.5 Å². The molecule has 67 valence electrons. The Bertz CT molecular complexity index is 290. The molecule has 0 aromatic heterocycles. The highest BCUT2D eigenvalue weighted by Crippen LogP contribution is 2.03. The fraction of sp³-hybridized carbons (Fsp3) is 0.182. The summed E-state index contributed by atoms with van der Waals surface area (Å²) in [4.78, 5) is 11.2. The quantitative estimate of drug-likeness (QED) is 0.700. The number of rotatable bonds is 3. The molecule has 0 aliphatic heterocycles. The lowest BCUT2D eigenvalue weighted by Crippen LogP contribution is -2.07. The van der Waals surface area contributed by atoms with Gasteiger partial charge < -0.3 is 5.32 Å². The summed E-state index contributed by atoms with van der Waals surface area (Å²) in [6.07, 6.45) is 4.23. The maximum atomic E-state index is 11.2. The number of anilines is 1. The van der Waals surface area contributed by atoms with Gasteiger partial charge in [-0.2, -0.15) is 0 Å². The highest BCUT2D eigenvalue weighted by atomic mass is 16.1. The molecule has 1 aromatic carbocycles. The van der Waals surface area contributed by atoms with Crippen molar-refractivity contribution in [2.45, 2.75) is 13.3 Å². The van der Waals surface area contributed by atoms with Gasteiger partial charge in [-0.05, 0) is 30.7 Å². The Morgan fingerprint density at radius 3 is 3.15 bits per heavy atom. The van der Waals surface area contributed by atoms with Crippen LogP contribution in [0.1, 0.15) is 13.3 Å². The standard InChI is InChI=1S/C11H12NO/c1-2-3-9-11(13)12-10-7-5-4-6-8-10/h3-5,7-9H,2H2,1H3,(H,12,13). The molecule has 1 amide bonds. The van der Waals surface area contributed by atoms with Gasteiger partial charge in [0.25, 0.3) is 0 Å². The van der Waals surface area contributed by atoms with Crippen LogP contribution in [-0.4, -0.2) is 5.91 Å². The summed E-state index contributed by atoms with van der Waals surface area (Å²) in [5.41, 5.74) is 0.772. The van der Waals surface area contributed by atoms with Gasteiger partial charge in [-0.3, -0.25) is 4.79 Å². The fourth-order valence-electron chi connectivity index (χ4n) is 0.880. The highest BCUT2D eigenvalue weighted by Gasteiger charge is 1.94. The number of nitrogens with one attached hydrogen (secondary N) is 1. The largest absolute Gasteiger partial charge is 0.323 e. The van der Waals surface area contributed by atoms with Crippen LogP contribution in [0.3, 0.4) is 0 Å². The Hall–Kier alpha value is -1.57. The summed E-state index contributed by atoms with van der Waals surface area (Å²) in [7, 11) is 0. The van der Waals surface area contributed by atoms with Gasteiger partial charge in [0.2, 0.25) is 5.91 Å². The topological polar surface area (TPSA) is 29.1 Å². The summed E-state index contributed by atoms with van der Waals surface area (Å²) in [6, 6.07) is 10.1. The molecular formula is C11H12NO. The van der Waals surface area contributed by atoms with E-state index in [0.29, 0.717) is 0 Å². The van der Waals surface area contributed by atoms with Gasteiger partial charge in [0.05, 0.1) is 0 Å². The van der Waals surface area contributed by atoms with Crippen LogP contribution in [0.4, 0.5) is 5.69 Å². The van der Waals surface area contributed by atoms with Crippen molar-refractivity contribution in [3.63, 3.8) is 0 Å². The van der Waals surface area contributed by atoms with E-state index in [1.165, 1.54) is 6.08 Å². The third-order valence-corrected chi connectivity index (χ3v) is 1.48. The van der Waals surface area contributed by atoms with Crippen molar-refractivity contribution in [1.29, 1.82) is 0 Å². The van der Waals surface area contributed by atoms with Crippen molar-refractivity contribution in [3.8, 4) is 0 Å². The zero-order valence-corrected chi connectivity index (χ0v) is 7.58. The molecule has 0 heterocycles. The van der Waals surface area contributed by atoms with Crippen LogP contribution < -0.4 is 5.32 Å². The van der Waals surface area contributed by atoms with Crippen LogP contribution >= 0.6 is 0 Å². The minimum absolute atomic E-state index is 0.0959. The van der Waals surface area contributed by atoms with Crippen molar-refractivity contribution in [1.82, 2.24) is 0 Å². The minimum Gasteiger partial charge on any atom is -0.323 e. The first-order chi connectivity index (χ1) is 6.33. The van der Waals surface area contributed by atoms with Crippen molar-refractivity contribution in [2.24, 2.45) is 0 Å². The summed E-state index contributed by atoms with van der Waals surface area (Å²) in [6.45, 7) is 1.99. The number of carbonyl (C=O) groups is 1. The van der Waals surface area contributed by atoms with E-state index in [4.69, 9.17) is 0 Å². The third kappa shape index (κ3) is 3.56. The molecule has 1 N–H and O–H groups in total. The maximum Gasteiger partial charge on any atom is 0.248 e. The van der Waals surface area contributed by atoms with Crippen LogP contribution in [0.25, 0.3) is 0 Å². The van der Waals surface area contributed by atoms with Crippen LogP contribution in [0.2, 0.25) is 0 Å². The molecule has 0 aliphatic rings. The van der Waals surface area contributed by atoms with Crippen molar-refractivity contribution < 1.29 is 4.79 Å². The molecule has 0 saturated heterocycles. The first-order valence-corrected chi connectivity index (χ1v) is 4.26. The van der Waals surface area contributed by atoms with Gasteiger partial charge in [-0.1, -0.05) is 25.1 Å². The lowest BCUT2D eigenvalue weighted by molar-refractivity contribution is -0.111. The molecule has 2 nitrogen and oxygen atoms in total. The first kappa shape index (κ1) is 9.52. The van der Waals surface area contributed by atoms with Gasteiger partial charge in [0.15, 0.2) is 0 Å². The SMILES string of the molecule is CCC=CC(=O)Nc1c[c]ccc1. The molecule has 0 saturated carbocycles. The second-order valence-corrected chi connectivity index (χ2v) is 2.59. The zero-order chi connectivity index (χ0) is 9.52. The third-order valence-electron chi connectivity index (χ3n) is 1.48. The van der Waals surface area contributed by atoms with E-state index in [1.807, 2.05) is 25.1 Å². The Balaban J connectivity index is 2.50. The van der Waals surface area contributed by atoms with E-state index in [9.17, 15) is 4.79 Å². The predicted molar refractivity (Wildman–Crippen MR) is 53.3 cm³/mol. The summed E-state index contributed by atoms with van der Waals surface area (Å²) < 4.78 is 0. The average Bonchev–Trinajstić information content (AvgIpc) is 2.16. The monoisotopic (exact) mass is 174 g/mol. The Morgan fingerprint density at radius 2 is 2.54 bits per heavy atom. The molecule has 1 radical (unpaired) electrons. The van der Waals surface area contributed by atoms with Gasteiger partial charge >= 0.3 is 0 Å². The van der Waals surface area contributed by atoms with Crippen LogP contribution in [0.15, 0.2) is 36.4 Å². The van der Waals surface area contributed by atoms with Crippen molar-refractivity contribution >= 4 is 11.6 Å². The van der Waals surface area contributed by atoms with E-state index >= 15 is 0 Å². The van der Waals surface area contributed by atoms with Crippen LogP contribution in [0.5, 0.6) is 0 Å². The van der Waals surface area contributed by atoms with E-state index in [-0.39, 0.29) is 5.91 Å². The number of carbonyl (C=O) groups excluding carboxylic acids is 1. The second kappa shape index (κ2) is 5.14. The molecule has 0 fully saturated rings. The molecule has 0 bridgehead atoms. The predicted octanol–water partition coefficient (Wildman–Crippen LogP) is 2.39. The smallest absolute Gasteiger partial charge is 0.248 e. The molecule has 1 rings (SSSR count). The lowest BCUT2D eigenvalue weighted by atomic mass is 10.3. The Kier molecular flexibility index (Phi) is 3.76. The number of hydrogen-bond acceptors (Lipinski definition) is 1. The molecule has 13 heavy (non-hydrogen) atoms. The highest BCUT2D eigenvalue weighted by molar-refractivity contribution is 5.99. The first-order valence-electron chi connectivity index (χ1n) is 4.26. The molecule has 0 unspecified atom stereocenters. The van der Waals surface area contributed by atoms with Crippen molar-refractivity contribution in [2.75, 3.05) is 5.32 Å². The van der Waals surface area contributed by atoms with Gasteiger partial charge in [0, 0.05) is 5.69 Å².